The number of piperidine rings is 1. The van der Waals surface area contributed by atoms with Gasteiger partial charge in [-0.25, -0.2) is 0 Å². The van der Waals surface area contributed by atoms with Crippen molar-refractivity contribution in [2.75, 3.05) is 20.2 Å². The molecular formula is C21H25ClN2O2. The number of esters is 1. The molecule has 0 spiro atoms. The summed E-state index contributed by atoms with van der Waals surface area (Å²) in [7, 11) is 1.54. The minimum Gasteiger partial charge on any atom is -1.00 e. The minimum absolute atomic E-state index is 0. The monoisotopic (exact) mass is 372 g/mol. The molecule has 1 aliphatic carbocycles. The van der Waals surface area contributed by atoms with Crippen molar-refractivity contribution in [2.24, 2.45) is 5.92 Å². The summed E-state index contributed by atoms with van der Waals surface area (Å²) in [6.45, 7) is 4.46. The van der Waals surface area contributed by atoms with Crippen LogP contribution < -0.4 is 17.3 Å². The number of fused-ring (bicyclic) bond motifs is 3. The van der Waals surface area contributed by atoms with E-state index in [2.05, 4.69) is 42.2 Å². The lowest BCUT2D eigenvalue weighted by atomic mass is 9.60. The van der Waals surface area contributed by atoms with Gasteiger partial charge >= 0.3 is 5.97 Å². The van der Waals surface area contributed by atoms with Crippen molar-refractivity contribution in [2.45, 2.75) is 37.6 Å². The van der Waals surface area contributed by atoms with Gasteiger partial charge in [0.05, 0.1) is 20.2 Å². The quantitative estimate of drug-likeness (QED) is 0.512. The van der Waals surface area contributed by atoms with Crippen LogP contribution in [0, 0.1) is 5.92 Å². The maximum Gasteiger partial charge on any atom is 0.324 e. The second-order valence-corrected chi connectivity index (χ2v) is 7.84. The predicted octanol–water partition coefficient (Wildman–Crippen LogP) is -1.24. The number of nitrogens with one attached hydrogen (secondary N) is 2. The fourth-order valence-electron chi connectivity index (χ4n) is 5.93. The van der Waals surface area contributed by atoms with E-state index in [1.54, 1.807) is 12.0 Å². The summed E-state index contributed by atoms with van der Waals surface area (Å²) in [5, 5.41) is 1.27. The number of methoxy groups -OCH3 is 1. The third kappa shape index (κ3) is 2.09. The minimum atomic E-state index is -0.558. The molecule has 0 amide bonds. The maximum absolute atomic E-state index is 13.3. The molecule has 1 unspecified atom stereocenters. The Morgan fingerprint density at radius 1 is 1.38 bits per heavy atom. The third-order valence-electron chi connectivity index (χ3n) is 6.74. The van der Waals surface area contributed by atoms with Gasteiger partial charge in [-0.1, -0.05) is 31.2 Å². The van der Waals surface area contributed by atoms with Crippen molar-refractivity contribution >= 4 is 16.9 Å². The van der Waals surface area contributed by atoms with E-state index in [1.165, 1.54) is 16.5 Å². The fraction of sp³-hybridized carbons (Fsp3) is 0.476. The number of hydrogen-bond donors (Lipinski definition) is 2. The van der Waals surface area contributed by atoms with Crippen molar-refractivity contribution in [3.05, 3.63) is 47.2 Å². The third-order valence-corrected chi connectivity index (χ3v) is 6.74. The number of rotatable bonds is 2. The van der Waals surface area contributed by atoms with Crippen LogP contribution in [-0.2, 0) is 21.4 Å². The summed E-state index contributed by atoms with van der Waals surface area (Å²) in [5.74, 6) is 0.403. The molecule has 26 heavy (non-hydrogen) atoms. The Balaban J connectivity index is 0.00000168. The molecule has 1 saturated heterocycles. The van der Waals surface area contributed by atoms with E-state index in [0.717, 1.165) is 43.6 Å². The zero-order valence-electron chi connectivity index (χ0n) is 15.3. The van der Waals surface area contributed by atoms with Crippen molar-refractivity contribution in [3.8, 4) is 0 Å². The van der Waals surface area contributed by atoms with Crippen LogP contribution in [0.5, 0.6) is 0 Å². The van der Waals surface area contributed by atoms with Gasteiger partial charge in [0, 0.05) is 28.9 Å². The zero-order chi connectivity index (χ0) is 17.2. The van der Waals surface area contributed by atoms with Gasteiger partial charge in [-0.05, 0) is 30.0 Å². The molecule has 1 aromatic carbocycles. The summed E-state index contributed by atoms with van der Waals surface area (Å²) in [5.41, 5.74) is 4.48. The highest BCUT2D eigenvalue weighted by Crippen LogP contribution is 2.47. The highest BCUT2D eigenvalue weighted by molar-refractivity contribution is 5.91. The van der Waals surface area contributed by atoms with Crippen molar-refractivity contribution in [3.63, 3.8) is 0 Å². The topological polar surface area (TPSA) is 46.5 Å². The fourth-order valence-corrected chi connectivity index (χ4v) is 5.93. The number of halogens is 1. The van der Waals surface area contributed by atoms with Crippen LogP contribution >= 0.6 is 0 Å². The van der Waals surface area contributed by atoms with E-state index in [9.17, 15) is 4.79 Å². The number of aromatic nitrogens is 1. The van der Waals surface area contributed by atoms with Crippen molar-refractivity contribution in [1.82, 2.24) is 4.98 Å². The first kappa shape index (κ1) is 17.6. The second kappa shape index (κ2) is 6.14. The Hall–Kier alpha value is -1.78. The zero-order valence-corrected chi connectivity index (χ0v) is 16.0. The van der Waals surface area contributed by atoms with E-state index in [4.69, 9.17) is 4.74 Å². The van der Waals surface area contributed by atoms with Crippen LogP contribution in [0.15, 0.2) is 35.9 Å². The van der Waals surface area contributed by atoms with Gasteiger partial charge in [-0.15, -0.1) is 0 Å². The van der Waals surface area contributed by atoms with Gasteiger partial charge in [0.15, 0.2) is 5.41 Å². The lowest BCUT2D eigenvalue weighted by Crippen LogP contribution is -3.20. The normalized spacial score (nSPS) is 31.6. The number of hydrogen-bond acceptors (Lipinski definition) is 2. The first-order valence-electron chi connectivity index (χ1n) is 9.42. The van der Waals surface area contributed by atoms with Crippen LogP contribution in [0.3, 0.4) is 0 Å². The van der Waals surface area contributed by atoms with E-state index in [-0.39, 0.29) is 24.4 Å². The molecule has 0 saturated carbocycles. The Labute approximate surface area is 160 Å². The van der Waals surface area contributed by atoms with Crippen molar-refractivity contribution < 1.29 is 26.8 Å². The molecule has 4 heterocycles. The Morgan fingerprint density at radius 2 is 2.19 bits per heavy atom. The van der Waals surface area contributed by atoms with E-state index in [1.807, 2.05) is 0 Å². The number of carbonyl (C=O) groups is 1. The summed E-state index contributed by atoms with van der Waals surface area (Å²) in [6, 6.07) is 8.67. The molecule has 2 aromatic rings. The van der Waals surface area contributed by atoms with Gasteiger partial charge in [0.25, 0.3) is 0 Å². The Bertz CT molecular complexity index is 903. The molecular weight excluding hydrogens is 348 g/mol. The lowest BCUT2D eigenvalue weighted by molar-refractivity contribution is -0.933. The number of para-hydroxylation sites is 1. The summed E-state index contributed by atoms with van der Waals surface area (Å²) >= 11 is 0. The van der Waals surface area contributed by atoms with Crippen LogP contribution in [0.1, 0.15) is 31.0 Å². The number of quaternary nitrogens is 1. The smallest absolute Gasteiger partial charge is 0.324 e. The second-order valence-electron chi connectivity index (χ2n) is 7.84. The number of H-pyrrole nitrogens is 1. The van der Waals surface area contributed by atoms with E-state index >= 15 is 0 Å². The van der Waals surface area contributed by atoms with Gasteiger partial charge in [0.2, 0.25) is 0 Å². The Kier molecular flexibility index (Phi) is 4.16. The van der Waals surface area contributed by atoms with Gasteiger partial charge in [-0.2, -0.15) is 0 Å². The van der Waals surface area contributed by atoms with Gasteiger partial charge in [0.1, 0.15) is 6.04 Å². The van der Waals surface area contributed by atoms with Crippen LogP contribution in [0.4, 0.5) is 0 Å². The highest BCUT2D eigenvalue weighted by Gasteiger charge is 2.63. The maximum atomic E-state index is 13.3. The van der Waals surface area contributed by atoms with E-state index < -0.39 is 5.41 Å². The average molecular weight is 373 g/mol. The number of carbonyl (C=O) groups excluding carboxylic acids is 1. The number of aromatic amines is 1. The van der Waals surface area contributed by atoms with Crippen LogP contribution in [-0.4, -0.2) is 37.2 Å². The Morgan fingerprint density at radius 3 is 2.96 bits per heavy atom. The first-order valence-corrected chi connectivity index (χ1v) is 9.42. The standard InChI is InChI=1S/C21H24N2O2.ClH/c1-3-14-10-13-11-21(20(24)25-2)18-16(8-9-23(12-13)19(14)21)15-6-4-5-7-17(15)22-18;/h4-7,10,13,19,22H,3,8-9,11-12H2,1-2H3;1H/t13-,19+,21-;/m0./s1. The van der Waals surface area contributed by atoms with Gasteiger partial charge in [-0.3, -0.25) is 4.79 Å². The molecule has 5 heteroatoms. The van der Waals surface area contributed by atoms with E-state index in [0.29, 0.717) is 5.92 Å². The molecule has 4 aliphatic rings. The number of ether oxygens (including phenoxy) is 1. The summed E-state index contributed by atoms with van der Waals surface area (Å²) in [6.07, 6.45) is 5.35. The molecule has 0 radical (unpaired) electrons. The van der Waals surface area contributed by atoms with Crippen LogP contribution in [0.2, 0.25) is 0 Å². The predicted molar refractivity (Wildman–Crippen MR) is 96.7 cm³/mol. The molecule has 6 rings (SSSR count). The lowest BCUT2D eigenvalue weighted by Gasteiger charge is -2.50. The SMILES string of the molecule is CCC1=C[C@@H]2C[NH+]3CCc4c([nH]c5ccccc45)[C@@](C(=O)OC)(C2)[C@@H]13.[Cl-]. The molecule has 4 bridgehead atoms. The summed E-state index contributed by atoms with van der Waals surface area (Å²) < 4.78 is 5.42. The molecule has 4 atom stereocenters. The molecule has 4 nitrogen and oxygen atoms in total. The molecule has 3 aliphatic heterocycles. The first-order chi connectivity index (χ1) is 12.2. The molecule has 1 fully saturated rings. The molecule has 1 aromatic heterocycles. The molecule has 138 valence electrons. The van der Waals surface area contributed by atoms with Gasteiger partial charge < -0.3 is 27.0 Å². The van der Waals surface area contributed by atoms with Crippen LogP contribution in [0.25, 0.3) is 10.9 Å². The number of benzene rings is 1. The summed E-state index contributed by atoms with van der Waals surface area (Å²) in [4.78, 5) is 18.5. The highest BCUT2D eigenvalue weighted by atomic mass is 35.5. The largest absolute Gasteiger partial charge is 1.00 e. The molecule has 2 N–H and O–H groups in total. The van der Waals surface area contributed by atoms with Crippen molar-refractivity contribution in [1.29, 1.82) is 0 Å². The average Bonchev–Trinajstić information content (AvgIpc) is 3.00.